The Morgan fingerprint density at radius 2 is 2.20 bits per heavy atom. The molecule has 0 bridgehead atoms. The molecule has 0 atom stereocenters. The average molecular weight is 315 g/mol. The Hall–Kier alpha value is -1.38. The molecule has 0 radical (unpaired) electrons. The fourth-order valence-corrected chi connectivity index (χ4v) is 3.87. The van der Waals surface area contributed by atoms with Crippen LogP contribution in [0.3, 0.4) is 0 Å². The van der Waals surface area contributed by atoms with Gasteiger partial charge in [0.15, 0.2) is 5.13 Å². The third-order valence-electron chi connectivity index (χ3n) is 2.89. The van der Waals surface area contributed by atoms with Crippen LogP contribution in [0.1, 0.15) is 31.2 Å². The van der Waals surface area contributed by atoms with E-state index in [0.717, 1.165) is 5.69 Å². The summed E-state index contributed by atoms with van der Waals surface area (Å²) in [5.41, 5.74) is 1.39. The molecular weight excluding hydrogens is 298 g/mol. The highest BCUT2D eigenvalue weighted by atomic mass is 32.2. The van der Waals surface area contributed by atoms with Crippen LogP contribution in [-0.4, -0.2) is 23.1 Å². The van der Waals surface area contributed by atoms with Crippen molar-refractivity contribution in [2.45, 2.75) is 31.3 Å². The fraction of sp³-hybridized carbons (Fsp3) is 0.417. The normalized spacial score (nSPS) is 12.1. The Morgan fingerprint density at radius 3 is 2.70 bits per heavy atom. The summed E-state index contributed by atoms with van der Waals surface area (Å²) in [6, 6.07) is 1.44. The second-order valence-corrected chi connectivity index (χ2v) is 7.31. The highest BCUT2D eigenvalue weighted by Crippen LogP contribution is 2.24. The molecule has 0 aliphatic carbocycles. The van der Waals surface area contributed by atoms with E-state index in [1.807, 2.05) is 19.2 Å². The van der Waals surface area contributed by atoms with Crippen LogP contribution in [0.4, 0.5) is 5.13 Å². The fourth-order valence-electron chi connectivity index (χ4n) is 1.65. The summed E-state index contributed by atoms with van der Waals surface area (Å²) in [6.45, 7) is 3.79. The zero-order valence-electron chi connectivity index (χ0n) is 11.5. The van der Waals surface area contributed by atoms with Crippen LogP contribution in [-0.2, 0) is 23.7 Å². The van der Waals surface area contributed by atoms with Gasteiger partial charge in [0.2, 0.25) is 0 Å². The average Bonchev–Trinajstić information content (AvgIpc) is 2.95. The van der Waals surface area contributed by atoms with Crippen molar-refractivity contribution in [2.24, 2.45) is 7.05 Å². The third kappa shape index (κ3) is 3.02. The third-order valence-corrected chi connectivity index (χ3v) is 5.10. The lowest BCUT2D eigenvalue weighted by Gasteiger charge is -2.02. The van der Waals surface area contributed by atoms with Gasteiger partial charge in [0.1, 0.15) is 4.90 Å². The molecule has 0 saturated heterocycles. The van der Waals surface area contributed by atoms with Crippen LogP contribution in [0.2, 0.25) is 0 Å². The van der Waals surface area contributed by atoms with Gasteiger partial charge in [-0.15, -0.1) is 11.3 Å². The van der Waals surface area contributed by atoms with E-state index in [1.54, 1.807) is 11.6 Å². The van der Waals surface area contributed by atoms with E-state index in [-0.39, 0.29) is 17.4 Å². The zero-order valence-corrected chi connectivity index (χ0v) is 13.1. The van der Waals surface area contributed by atoms with Gasteiger partial charge >= 0.3 is 0 Å². The number of aliphatic hydroxyl groups is 1. The second kappa shape index (κ2) is 5.55. The minimum Gasteiger partial charge on any atom is -0.390 e. The summed E-state index contributed by atoms with van der Waals surface area (Å²) in [5, 5.41) is 11.3. The molecule has 0 aliphatic heterocycles. The van der Waals surface area contributed by atoms with Gasteiger partial charge in [-0.25, -0.2) is 13.4 Å². The van der Waals surface area contributed by atoms with E-state index >= 15 is 0 Å². The van der Waals surface area contributed by atoms with Crippen molar-refractivity contribution in [2.75, 3.05) is 4.72 Å². The summed E-state index contributed by atoms with van der Waals surface area (Å²) in [5.74, 6) is 0.252. The molecule has 2 N–H and O–H groups in total. The van der Waals surface area contributed by atoms with Gasteiger partial charge in [-0.1, -0.05) is 13.8 Å². The Balaban J connectivity index is 2.25. The Kier molecular flexibility index (Phi) is 4.17. The second-order valence-electron chi connectivity index (χ2n) is 4.77. The molecule has 2 aromatic heterocycles. The molecule has 0 aromatic carbocycles. The number of nitrogens with one attached hydrogen (secondary N) is 1. The lowest BCUT2D eigenvalue weighted by Crippen LogP contribution is -2.12. The van der Waals surface area contributed by atoms with Crippen molar-refractivity contribution < 1.29 is 13.5 Å². The molecule has 8 heteroatoms. The predicted molar refractivity (Wildman–Crippen MR) is 78.3 cm³/mol. The highest BCUT2D eigenvalue weighted by molar-refractivity contribution is 7.93. The summed E-state index contributed by atoms with van der Waals surface area (Å²) in [6.07, 6.45) is 1.46. The molecule has 2 rings (SSSR count). The summed E-state index contributed by atoms with van der Waals surface area (Å²) < 4.78 is 28.5. The minimum absolute atomic E-state index is 0.116. The Morgan fingerprint density at radius 1 is 1.50 bits per heavy atom. The first-order valence-electron chi connectivity index (χ1n) is 6.08. The molecule has 0 fully saturated rings. The number of hydrogen-bond donors (Lipinski definition) is 2. The van der Waals surface area contributed by atoms with Crippen LogP contribution in [0, 0.1) is 0 Å². The molecular formula is C12H17N3O3S2. The van der Waals surface area contributed by atoms with E-state index in [2.05, 4.69) is 9.71 Å². The molecule has 0 saturated carbocycles. The largest absolute Gasteiger partial charge is 0.390 e. The molecule has 2 aromatic rings. The summed E-state index contributed by atoms with van der Waals surface area (Å²) in [4.78, 5) is 4.36. The summed E-state index contributed by atoms with van der Waals surface area (Å²) >= 11 is 1.26. The predicted octanol–water partition coefficient (Wildman–Crippen LogP) is 1.90. The molecule has 6 nitrogen and oxygen atoms in total. The van der Waals surface area contributed by atoms with E-state index in [0.29, 0.717) is 10.8 Å². The first-order chi connectivity index (χ1) is 9.33. The summed E-state index contributed by atoms with van der Waals surface area (Å²) in [7, 11) is -1.99. The topological polar surface area (TPSA) is 84.2 Å². The molecule has 0 amide bonds. The van der Waals surface area contributed by atoms with E-state index in [1.165, 1.54) is 23.6 Å². The van der Waals surface area contributed by atoms with E-state index < -0.39 is 10.0 Å². The molecule has 110 valence electrons. The highest BCUT2D eigenvalue weighted by Gasteiger charge is 2.19. The monoisotopic (exact) mass is 315 g/mol. The van der Waals surface area contributed by atoms with Crippen molar-refractivity contribution >= 4 is 26.5 Å². The van der Waals surface area contributed by atoms with Gasteiger partial charge in [0.25, 0.3) is 10.0 Å². The smallest absolute Gasteiger partial charge is 0.265 e. The maximum absolute atomic E-state index is 12.2. The number of nitrogens with zero attached hydrogens (tertiary/aromatic N) is 2. The maximum atomic E-state index is 12.2. The standard InChI is InChI=1S/C12H17N3O3S2/c1-8(2)11-7-19-12(13-11)14-20(17,18)10-4-9(6-16)15(3)5-10/h4-5,7-8,16H,6H2,1-3H3,(H,13,14). The van der Waals surface area contributed by atoms with E-state index in [9.17, 15) is 8.42 Å². The number of aryl methyl sites for hydroxylation is 1. The van der Waals surface area contributed by atoms with Crippen LogP contribution < -0.4 is 4.72 Å². The zero-order chi connectivity index (χ0) is 14.9. The van der Waals surface area contributed by atoms with Gasteiger partial charge in [-0.3, -0.25) is 4.72 Å². The molecule has 0 aliphatic rings. The van der Waals surface area contributed by atoms with E-state index in [4.69, 9.17) is 5.11 Å². The van der Waals surface area contributed by atoms with Gasteiger partial charge in [0.05, 0.1) is 12.3 Å². The van der Waals surface area contributed by atoms with Crippen molar-refractivity contribution in [1.82, 2.24) is 9.55 Å². The quantitative estimate of drug-likeness (QED) is 0.882. The van der Waals surface area contributed by atoms with Crippen LogP contribution in [0.15, 0.2) is 22.5 Å². The van der Waals surface area contributed by atoms with Crippen LogP contribution in [0.25, 0.3) is 0 Å². The first-order valence-corrected chi connectivity index (χ1v) is 8.44. The van der Waals surface area contributed by atoms with Crippen LogP contribution >= 0.6 is 11.3 Å². The van der Waals surface area contributed by atoms with Crippen molar-refractivity contribution in [3.05, 3.63) is 29.0 Å². The van der Waals surface area contributed by atoms with Crippen molar-refractivity contribution in [3.63, 3.8) is 0 Å². The van der Waals surface area contributed by atoms with Gasteiger partial charge in [-0.05, 0) is 12.0 Å². The Bertz CT molecular complexity index is 701. The first kappa shape index (κ1) is 15.0. The number of sulfonamides is 1. The molecule has 0 unspecified atom stereocenters. The van der Waals surface area contributed by atoms with Gasteiger partial charge < -0.3 is 9.67 Å². The lowest BCUT2D eigenvalue weighted by molar-refractivity contribution is 0.272. The van der Waals surface area contributed by atoms with Crippen molar-refractivity contribution in [3.8, 4) is 0 Å². The lowest BCUT2D eigenvalue weighted by atomic mass is 10.2. The number of anilines is 1. The maximum Gasteiger partial charge on any atom is 0.265 e. The minimum atomic E-state index is -3.67. The van der Waals surface area contributed by atoms with Gasteiger partial charge in [-0.2, -0.15) is 0 Å². The SMILES string of the molecule is CC(C)c1csc(NS(=O)(=O)c2cc(CO)n(C)c2)n1. The Labute approximate surface area is 122 Å². The van der Waals surface area contributed by atoms with Crippen molar-refractivity contribution in [1.29, 1.82) is 0 Å². The number of rotatable bonds is 5. The number of thiazole rings is 1. The molecule has 2 heterocycles. The van der Waals surface area contributed by atoms with Crippen LogP contribution in [0.5, 0.6) is 0 Å². The van der Waals surface area contributed by atoms with Gasteiger partial charge in [0, 0.05) is 24.3 Å². The number of hydrogen-bond acceptors (Lipinski definition) is 5. The molecule has 0 spiro atoms. The number of aliphatic hydroxyl groups excluding tert-OH is 1. The number of aromatic nitrogens is 2. The molecule has 20 heavy (non-hydrogen) atoms.